The summed E-state index contributed by atoms with van der Waals surface area (Å²) in [6.07, 6.45) is 1.53. The van der Waals surface area contributed by atoms with Crippen LogP contribution in [-0.2, 0) is 6.61 Å². The van der Waals surface area contributed by atoms with Gasteiger partial charge in [-0.15, -0.1) is 0 Å². The topological polar surface area (TPSA) is 88.1 Å². The molecule has 6 aromatic rings. The van der Waals surface area contributed by atoms with Gasteiger partial charge in [-0.1, -0.05) is 57.9 Å². The highest BCUT2D eigenvalue weighted by Crippen LogP contribution is 2.37. The smallest absolute Gasteiger partial charge is 0.282 e. The predicted octanol–water partition coefficient (Wildman–Crippen LogP) is 8.09. The minimum absolute atomic E-state index is 0.240. The van der Waals surface area contributed by atoms with Crippen LogP contribution >= 0.6 is 27.5 Å². The number of nitrogens with zero attached hydrogens (tertiary/aromatic N) is 3. The Labute approximate surface area is 260 Å². The van der Waals surface area contributed by atoms with Crippen molar-refractivity contribution in [1.82, 2.24) is 9.66 Å². The van der Waals surface area contributed by atoms with Crippen LogP contribution in [0.4, 0.5) is 0 Å². The molecular formula is C33H25BrClN3O5. The number of benzene rings is 4. The first-order valence-corrected chi connectivity index (χ1v) is 14.6. The van der Waals surface area contributed by atoms with Gasteiger partial charge in [0, 0.05) is 4.47 Å². The number of ether oxygens (including phenoxy) is 3. The Kier molecular flexibility index (Phi) is 8.18. The molecule has 0 fully saturated rings. The second-order valence-corrected chi connectivity index (χ2v) is 10.8. The van der Waals surface area contributed by atoms with Crippen molar-refractivity contribution in [1.29, 1.82) is 0 Å². The summed E-state index contributed by atoms with van der Waals surface area (Å²) < 4.78 is 25.7. The standard InChI is InChI=1S/C33H25BrClN3O5/c1-3-41-29-16-21(15-25(35)31(29)42-19-20-11-13-22(34)14-12-20)18-36-38-32(37-26-8-5-4-7-23(26)33(38)39)30-17-24-27(40-2)9-6-10-28(24)43-30/h4-18H,3,19H2,1-2H3. The van der Waals surface area contributed by atoms with Crippen LogP contribution in [0.25, 0.3) is 33.5 Å². The normalized spacial score (nSPS) is 11.4. The van der Waals surface area contributed by atoms with Crippen molar-refractivity contribution in [3.63, 3.8) is 0 Å². The van der Waals surface area contributed by atoms with Gasteiger partial charge in [0.2, 0.25) is 5.82 Å². The largest absolute Gasteiger partial charge is 0.496 e. The molecule has 0 atom stereocenters. The molecule has 0 aliphatic carbocycles. The Morgan fingerprint density at radius 1 is 0.977 bits per heavy atom. The molecule has 216 valence electrons. The van der Waals surface area contributed by atoms with E-state index in [1.807, 2.05) is 55.5 Å². The zero-order chi connectivity index (χ0) is 29.9. The highest BCUT2D eigenvalue weighted by molar-refractivity contribution is 9.10. The average molecular weight is 659 g/mol. The van der Waals surface area contributed by atoms with Crippen LogP contribution < -0.4 is 19.8 Å². The number of rotatable bonds is 9. The van der Waals surface area contributed by atoms with E-state index in [9.17, 15) is 4.79 Å². The Bertz CT molecular complexity index is 2040. The molecule has 0 aliphatic rings. The van der Waals surface area contributed by atoms with E-state index in [2.05, 4.69) is 21.0 Å². The van der Waals surface area contributed by atoms with Crippen molar-refractivity contribution in [2.75, 3.05) is 13.7 Å². The molecule has 0 aliphatic heterocycles. The lowest BCUT2D eigenvalue weighted by Crippen LogP contribution is -2.20. The number of furan rings is 1. The van der Waals surface area contributed by atoms with Gasteiger partial charge in [0.15, 0.2) is 17.3 Å². The summed E-state index contributed by atoms with van der Waals surface area (Å²) in [7, 11) is 1.59. The number of halogens is 2. The fourth-order valence-electron chi connectivity index (χ4n) is 4.64. The number of methoxy groups -OCH3 is 1. The van der Waals surface area contributed by atoms with Crippen molar-refractivity contribution < 1.29 is 18.6 Å². The highest BCUT2D eigenvalue weighted by Gasteiger charge is 2.18. The molecule has 6 rings (SSSR count). The van der Waals surface area contributed by atoms with Crippen LogP contribution in [0.2, 0.25) is 5.02 Å². The van der Waals surface area contributed by atoms with Gasteiger partial charge in [0.1, 0.15) is 17.9 Å². The number of hydrogen-bond acceptors (Lipinski definition) is 7. The van der Waals surface area contributed by atoms with E-state index in [4.69, 9.17) is 35.2 Å². The SMILES string of the molecule is CCOc1cc(C=Nn2c(-c3cc4c(OC)cccc4o3)nc3ccccc3c2=O)cc(Cl)c1OCc1ccc(Br)cc1. The van der Waals surface area contributed by atoms with E-state index in [-0.39, 0.29) is 11.4 Å². The van der Waals surface area contributed by atoms with Gasteiger partial charge in [-0.25, -0.2) is 4.98 Å². The van der Waals surface area contributed by atoms with Gasteiger partial charge in [0.05, 0.1) is 41.2 Å². The van der Waals surface area contributed by atoms with Gasteiger partial charge in [-0.2, -0.15) is 9.78 Å². The Morgan fingerprint density at radius 3 is 2.58 bits per heavy atom. The van der Waals surface area contributed by atoms with Gasteiger partial charge in [-0.05, 0) is 72.6 Å². The molecule has 0 saturated heterocycles. The Morgan fingerprint density at radius 2 is 1.79 bits per heavy atom. The first-order valence-electron chi connectivity index (χ1n) is 13.4. The molecular weight excluding hydrogens is 634 g/mol. The van der Waals surface area contributed by atoms with Gasteiger partial charge in [0.25, 0.3) is 5.56 Å². The highest BCUT2D eigenvalue weighted by atomic mass is 79.9. The fourth-order valence-corrected chi connectivity index (χ4v) is 5.18. The first-order chi connectivity index (χ1) is 20.9. The maximum absolute atomic E-state index is 13.7. The molecule has 2 heterocycles. The van der Waals surface area contributed by atoms with Gasteiger partial charge in [-0.3, -0.25) is 4.79 Å². The summed E-state index contributed by atoms with van der Waals surface area (Å²) in [6.45, 7) is 2.59. The molecule has 0 spiro atoms. The van der Waals surface area contributed by atoms with E-state index < -0.39 is 0 Å². The summed E-state index contributed by atoms with van der Waals surface area (Å²) in [6, 6.07) is 25.7. The number of para-hydroxylation sites is 1. The second-order valence-electron chi connectivity index (χ2n) is 9.47. The fraction of sp³-hybridized carbons (Fsp3) is 0.121. The van der Waals surface area contributed by atoms with Crippen LogP contribution in [-0.4, -0.2) is 29.6 Å². The third kappa shape index (κ3) is 5.86. The van der Waals surface area contributed by atoms with Gasteiger partial charge >= 0.3 is 0 Å². The molecule has 4 aromatic carbocycles. The van der Waals surface area contributed by atoms with Crippen LogP contribution in [0.1, 0.15) is 18.1 Å². The van der Waals surface area contributed by atoms with E-state index in [0.717, 1.165) is 15.4 Å². The molecule has 0 saturated carbocycles. The van der Waals surface area contributed by atoms with Gasteiger partial charge < -0.3 is 18.6 Å². The molecule has 0 amide bonds. The zero-order valence-electron chi connectivity index (χ0n) is 23.2. The van der Waals surface area contributed by atoms with E-state index in [0.29, 0.717) is 63.3 Å². The summed E-state index contributed by atoms with van der Waals surface area (Å²) >= 11 is 10.1. The average Bonchev–Trinajstić information content (AvgIpc) is 3.46. The lowest BCUT2D eigenvalue weighted by Gasteiger charge is -2.14. The maximum atomic E-state index is 13.7. The number of aromatic nitrogens is 2. The van der Waals surface area contributed by atoms with Crippen LogP contribution in [0.3, 0.4) is 0 Å². The monoisotopic (exact) mass is 657 g/mol. The molecule has 0 N–H and O–H groups in total. The van der Waals surface area contributed by atoms with Crippen molar-refractivity contribution in [2.45, 2.75) is 13.5 Å². The summed E-state index contributed by atoms with van der Waals surface area (Å²) in [4.78, 5) is 18.4. The predicted molar refractivity (Wildman–Crippen MR) is 172 cm³/mol. The minimum Gasteiger partial charge on any atom is -0.496 e. The molecule has 0 unspecified atom stereocenters. The molecule has 8 nitrogen and oxygen atoms in total. The molecule has 2 aromatic heterocycles. The lowest BCUT2D eigenvalue weighted by molar-refractivity contribution is 0.269. The first kappa shape index (κ1) is 28.5. The molecule has 10 heteroatoms. The van der Waals surface area contributed by atoms with E-state index in [1.165, 1.54) is 10.9 Å². The summed E-state index contributed by atoms with van der Waals surface area (Å²) in [5.74, 6) is 2.13. The summed E-state index contributed by atoms with van der Waals surface area (Å²) in [5, 5.41) is 6.07. The molecule has 0 radical (unpaired) electrons. The van der Waals surface area contributed by atoms with E-state index in [1.54, 1.807) is 43.5 Å². The van der Waals surface area contributed by atoms with Crippen molar-refractivity contribution in [3.8, 4) is 28.8 Å². The molecule has 43 heavy (non-hydrogen) atoms. The maximum Gasteiger partial charge on any atom is 0.282 e. The third-order valence-corrected chi connectivity index (χ3v) is 7.48. The quantitative estimate of drug-likeness (QED) is 0.146. The summed E-state index contributed by atoms with van der Waals surface area (Å²) in [5.41, 5.74) is 2.34. The Balaban J connectivity index is 1.41. The van der Waals surface area contributed by atoms with Crippen molar-refractivity contribution in [3.05, 3.63) is 116 Å². The second kappa shape index (κ2) is 12.3. The number of hydrogen-bond donors (Lipinski definition) is 0. The van der Waals surface area contributed by atoms with Crippen molar-refractivity contribution in [2.24, 2.45) is 5.10 Å². The third-order valence-electron chi connectivity index (χ3n) is 6.67. The number of fused-ring (bicyclic) bond motifs is 2. The lowest BCUT2D eigenvalue weighted by atomic mass is 10.2. The van der Waals surface area contributed by atoms with E-state index >= 15 is 0 Å². The molecule has 0 bridgehead atoms. The minimum atomic E-state index is -0.352. The van der Waals surface area contributed by atoms with Crippen LogP contribution in [0.15, 0.2) is 104 Å². The zero-order valence-corrected chi connectivity index (χ0v) is 25.6. The Hall–Kier alpha value is -4.60. The van der Waals surface area contributed by atoms with Crippen LogP contribution in [0.5, 0.6) is 17.2 Å². The van der Waals surface area contributed by atoms with Crippen molar-refractivity contribution >= 4 is 55.6 Å². The van der Waals surface area contributed by atoms with Crippen LogP contribution in [0, 0.1) is 0 Å².